The van der Waals surface area contributed by atoms with Gasteiger partial charge in [0.15, 0.2) is 0 Å². The molecule has 0 radical (unpaired) electrons. The van der Waals surface area contributed by atoms with Crippen LogP contribution in [0.25, 0.3) is 10.1 Å². The van der Waals surface area contributed by atoms with E-state index in [2.05, 4.69) is 15.2 Å². The van der Waals surface area contributed by atoms with Gasteiger partial charge in [-0.15, -0.1) is 11.3 Å². The first-order valence-corrected chi connectivity index (χ1v) is 18.5. The Bertz CT molecular complexity index is 1740. The highest BCUT2D eigenvalue weighted by Gasteiger charge is 2.48. The second-order valence-electron chi connectivity index (χ2n) is 12.8. The zero-order chi connectivity index (χ0) is 32.9. The summed E-state index contributed by atoms with van der Waals surface area (Å²) in [6, 6.07) is 6.30. The van der Waals surface area contributed by atoms with E-state index in [0.29, 0.717) is 54.1 Å². The third-order valence-electron chi connectivity index (χ3n) is 9.82. The molecule has 1 aromatic carbocycles. The van der Waals surface area contributed by atoms with E-state index in [-0.39, 0.29) is 29.3 Å². The van der Waals surface area contributed by atoms with Crippen LogP contribution in [0.15, 0.2) is 42.7 Å². The molecule has 4 aliphatic heterocycles. The van der Waals surface area contributed by atoms with Gasteiger partial charge >= 0.3 is 7.60 Å². The molecule has 4 atom stereocenters. The van der Waals surface area contributed by atoms with Gasteiger partial charge < -0.3 is 34.5 Å². The Hall–Kier alpha value is -3.42. The first kappa shape index (κ1) is 32.1. The van der Waals surface area contributed by atoms with E-state index in [1.807, 2.05) is 17.2 Å². The lowest BCUT2D eigenvalue weighted by atomic mass is 9.90. The number of anilines is 1. The van der Waals surface area contributed by atoms with Gasteiger partial charge in [0.2, 0.25) is 17.7 Å². The second kappa shape index (κ2) is 12.9. The van der Waals surface area contributed by atoms with E-state index in [1.165, 1.54) is 24.3 Å². The van der Waals surface area contributed by atoms with Crippen LogP contribution in [-0.2, 0) is 18.9 Å². The predicted molar refractivity (Wildman–Crippen MR) is 173 cm³/mol. The molecule has 3 N–H and O–H groups in total. The number of ether oxygens (including phenoxy) is 1. The fraction of sp³-hybridized carbons (Fsp3) is 0.500. The molecule has 4 fully saturated rings. The number of benzene rings is 1. The summed E-state index contributed by atoms with van der Waals surface area (Å²) >= 11 is 1.15. The molecule has 250 valence electrons. The lowest BCUT2D eigenvalue weighted by molar-refractivity contribution is -0.148. The molecule has 4 saturated heterocycles. The van der Waals surface area contributed by atoms with Crippen LogP contribution in [0.3, 0.4) is 0 Å². The number of hydrogen-bond acceptors (Lipinski definition) is 8. The van der Waals surface area contributed by atoms with Crippen molar-refractivity contribution in [2.75, 3.05) is 44.3 Å². The number of nitrogens with one attached hydrogen (secondary N) is 1. The molecule has 3 aromatic rings. The summed E-state index contributed by atoms with van der Waals surface area (Å²) in [5.74, 6) is -3.05. The largest absolute Gasteiger partial charge is 0.378 e. The molecule has 47 heavy (non-hydrogen) atoms. The number of rotatable bonds is 7. The van der Waals surface area contributed by atoms with E-state index in [1.54, 1.807) is 11.1 Å². The van der Waals surface area contributed by atoms with Crippen LogP contribution in [0.4, 0.5) is 10.1 Å². The van der Waals surface area contributed by atoms with Gasteiger partial charge in [-0.2, -0.15) is 0 Å². The summed E-state index contributed by atoms with van der Waals surface area (Å²) in [7, 11) is -4.98. The second-order valence-corrected chi connectivity index (χ2v) is 15.5. The minimum absolute atomic E-state index is 0.0490. The molecule has 15 heteroatoms. The summed E-state index contributed by atoms with van der Waals surface area (Å²) in [5, 5.41) is 3.35. The number of alkyl halides is 1. The van der Waals surface area contributed by atoms with E-state index in [9.17, 15) is 33.1 Å². The van der Waals surface area contributed by atoms with Crippen molar-refractivity contribution in [3.63, 3.8) is 0 Å². The molecule has 2 aromatic heterocycles. The number of amides is 3. The van der Waals surface area contributed by atoms with Gasteiger partial charge in [-0.3, -0.25) is 23.9 Å². The van der Waals surface area contributed by atoms with Gasteiger partial charge in [0.1, 0.15) is 12.1 Å². The van der Waals surface area contributed by atoms with Crippen molar-refractivity contribution in [3.05, 3.63) is 58.7 Å². The molecule has 0 spiro atoms. The Kier molecular flexibility index (Phi) is 8.81. The van der Waals surface area contributed by atoms with Crippen LogP contribution >= 0.6 is 18.9 Å². The predicted octanol–water partition coefficient (Wildman–Crippen LogP) is 3.55. The van der Waals surface area contributed by atoms with Crippen molar-refractivity contribution in [2.45, 2.75) is 62.1 Å². The monoisotopic (exact) mass is 685 g/mol. The number of aromatic nitrogens is 1. The van der Waals surface area contributed by atoms with Gasteiger partial charge in [0.05, 0.1) is 18.1 Å². The van der Waals surface area contributed by atoms with E-state index >= 15 is 0 Å². The number of likely N-dealkylation sites (tertiary alicyclic amines) is 1. The quantitative estimate of drug-likeness (QED) is 0.317. The van der Waals surface area contributed by atoms with Crippen molar-refractivity contribution in [1.82, 2.24) is 20.1 Å². The van der Waals surface area contributed by atoms with E-state index < -0.39 is 31.5 Å². The molecular weight excluding hydrogens is 648 g/mol. The highest BCUT2D eigenvalue weighted by Crippen LogP contribution is 2.53. The molecule has 0 bridgehead atoms. The zero-order valence-electron chi connectivity index (χ0n) is 25.7. The van der Waals surface area contributed by atoms with Crippen LogP contribution in [0, 0.1) is 0 Å². The first-order valence-electron chi connectivity index (χ1n) is 16.0. The topological polar surface area (TPSA) is 153 Å². The highest BCUT2D eigenvalue weighted by molar-refractivity contribution is 7.51. The summed E-state index contributed by atoms with van der Waals surface area (Å²) < 4.78 is 31.8. The Morgan fingerprint density at radius 1 is 1.09 bits per heavy atom. The highest BCUT2D eigenvalue weighted by atomic mass is 32.1. The van der Waals surface area contributed by atoms with Crippen LogP contribution in [0.2, 0.25) is 0 Å². The number of morpholine rings is 1. The van der Waals surface area contributed by atoms with Crippen molar-refractivity contribution >= 4 is 52.4 Å². The minimum Gasteiger partial charge on any atom is -0.378 e. The standard InChI is InChI=1S/C32H37FN5O7PS/c33-29(46(42,43)44)19-4-7-27-20(14-19)15-28(47-27)30(39)35-24-3-1-2-22-5-6-26(38(22)31(24)40)32(41)37-17-21(18-37)23-16-34-9-8-25(23)36-10-12-45-13-11-36/h4,7-9,14-16,21-22,24,26,29H,1-3,5-6,10-13,17-18H2,(H,35,39)(H2,42,43,44)/t22-,24-,26-,29?/m0/s1. The van der Waals surface area contributed by atoms with E-state index in [4.69, 9.17) is 4.74 Å². The summed E-state index contributed by atoms with van der Waals surface area (Å²) in [6.45, 7) is 4.12. The fourth-order valence-corrected chi connectivity index (χ4v) is 8.85. The normalized spacial score (nSPS) is 24.5. The third kappa shape index (κ3) is 6.29. The van der Waals surface area contributed by atoms with Gasteiger partial charge in [0.25, 0.3) is 5.91 Å². The SMILES string of the molecule is O=C(N[C@H]1CCC[C@H]2CC[C@@H](C(=O)N3CC(c4cnccc4N4CCOCC4)C3)N2C1=O)c1cc2cc(C(F)P(=O)(O)O)ccc2s1. The van der Waals surface area contributed by atoms with Gasteiger partial charge in [0, 0.05) is 66.5 Å². The number of nitrogens with zero attached hydrogens (tertiary/aromatic N) is 4. The maximum atomic E-state index is 14.3. The Morgan fingerprint density at radius 2 is 1.87 bits per heavy atom. The van der Waals surface area contributed by atoms with Gasteiger partial charge in [-0.25, -0.2) is 4.39 Å². The number of fused-ring (bicyclic) bond motifs is 2. The summed E-state index contributed by atoms with van der Waals surface area (Å²) in [5.41, 5.74) is 2.09. The van der Waals surface area contributed by atoms with Crippen LogP contribution in [0.5, 0.6) is 0 Å². The number of pyridine rings is 1. The van der Waals surface area contributed by atoms with Crippen molar-refractivity contribution < 1.29 is 37.9 Å². The number of thiophene rings is 1. The Labute approximate surface area is 275 Å². The molecule has 7 rings (SSSR count). The molecule has 4 aliphatic rings. The number of carbonyl (C=O) groups is 3. The maximum absolute atomic E-state index is 14.3. The summed E-state index contributed by atoms with van der Waals surface area (Å²) in [4.78, 5) is 70.0. The molecular formula is C32H37FN5O7PS. The Morgan fingerprint density at radius 3 is 2.64 bits per heavy atom. The Balaban J connectivity index is 1.01. The van der Waals surface area contributed by atoms with Gasteiger partial charge in [-0.1, -0.05) is 6.07 Å². The number of halogens is 1. The minimum atomic E-state index is -4.98. The van der Waals surface area contributed by atoms with Gasteiger partial charge in [-0.05, 0) is 67.3 Å². The van der Waals surface area contributed by atoms with Crippen molar-refractivity contribution in [3.8, 4) is 0 Å². The zero-order valence-corrected chi connectivity index (χ0v) is 27.4. The molecule has 3 amide bonds. The average molecular weight is 686 g/mol. The molecule has 1 unspecified atom stereocenters. The molecule has 12 nitrogen and oxygen atoms in total. The first-order chi connectivity index (χ1) is 22.6. The smallest absolute Gasteiger partial charge is 0.363 e. The number of hydrogen-bond donors (Lipinski definition) is 3. The molecule has 6 heterocycles. The third-order valence-corrected chi connectivity index (χ3v) is 11.8. The van der Waals surface area contributed by atoms with Crippen LogP contribution in [0.1, 0.15) is 64.7 Å². The van der Waals surface area contributed by atoms with Crippen LogP contribution in [-0.4, -0.2) is 99.8 Å². The van der Waals surface area contributed by atoms with E-state index in [0.717, 1.165) is 54.9 Å². The lowest BCUT2D eigenvalue weighted by Gasteiger charge is -2.44. The van der Waals surface area contributed by atoms with Crippen LogP contribution < -0.4 is 10.2 Å². The molecule has 0 saturated carbocycles. The number of carbonyl (C=O) groups excluding carboxylic acids is 3. The summed E-state index contributed by atoms with van der Waals surface area (Å²) in [6.07, 6.45) is 6.96. The maximum Gasteiger partial charge on any atom is 0.363 e. The lowest BCUT2D eigenvalue weighted by Crippen LogP contribution is -2.58. The fourth-order valence-electron chi connectivity index (χ4n) is 7.35. The average Bonchev–Trinajstić information content (AvgIpc) is 3.64. The van der Waals surface area contributed by atoms with Crippen molar-refractivity contribution in [2.24, 2.45) is 0 Å². The molecule has 0 aliphatic carbocycles. The van der Waals surface area contributed by atoms with Crippen molar-refractivity contribution in [1.29, 1.82) is 0 Å².